The van der Waals surface area contributed by atoms with Gasteiger partial charge in [-0.25, -0.2) is 14.8 Å². The van der Waals surface area contributed by atoms with Crippen molar-refractivity contribution in [3.63, 3.8) is 0 Å². The Morgan fingerprint density at radius 3 is 2.26 bits per heavy atom. The number of aromatic nitrogens is 4. The lowest BCUT2D eigenvalue weighted by Gasteiger charge is -2.22. The van der Waals surface area contributed by atoms with E-state index in [2.05, 4.69) is 15.0 Å². The van der Waals surface area contributed by atoms with Crippen molar-refractivity contribution in [3.05, 3.63) is 28.3 Å². The van der Waals surface area contributed by atoms with Crippen molar-refractivity contribution in [2.24, 2.45) is 5.73 Å². The van der Waals surface area contributed by atoms with Crippen LogP contribution in [0, 0.1) is 0 Å². The standard InChI is InChI=1S/C21H25N5O5/c1-29-13-9-11(10-14(30-2)17(13)31-3)19-23-15(18(22)27)16-20(25-19)26(21(28)24-16)12-7-5-4-6-8-12/h9-10,12H,4-8H2,1-3H3,(H2,22,27)(H,24,28). The lowest BCUT2D eigenvalue weighted by atomic mass is 9.95. The van der Waals surface area contributed by atoms with Gasteiger partial charge in [0.15, 0.2) is 28.7 Å². The number of nitrogens with one attached hydrogen (secondary N) is 1. The molecule has 31 heavy (non-hydrogen) atoms. The van der Waals surface area contributed by atoms with Crippen molar-refractivity contribution in [3.8, 4) is 28.6 Å². The molecule has 10 heteroatoms. The quantitative estimate of drug-likeness (QED) is 0.617. The smallest absolute Gasteiger partial charge is 0.327 e. The Hall–Kier alpha value is -3.56. The summed E-state index contributed by atoms with van der Waals surface area (Å²) in [4.78, 5) is 36.7. The maximum atomic E-state index is 12.8. The van der Waals surface area contributed by atoms with Crippen molar-refractivity contribution in [2.45, 2.75) is 38.1 Å². The Morgan fingerprint density at radius 2 is 1.71 bits per heavy atom. The van der Waals surface area contributed by atoms with Crippen molar-refractivity contribution in [2.75, 3.05) is 21.3 Å². The minimum atomic E-state index is -0.752. The summed E-state index contributed by atoms with van der Waals surface area (Å²) in [6.45, 7) is 0. The van der Waals surface area contributed by atoms with Crippen LogP contribution in [0.5, 0.6) is 17.2 Å². The molecule has 3 N–H and O–H groups in total. The minimum Gasteiger partial charge on any atom is -0.493 e. The number of carbonyl (C=O) groups excluding carboxylic acids is 1. The highest BCUT2D eigenvalue weighted by Gasteiger charge is 2.25. The molecule has 1 aliphatic carbocycles. The van der Waals surface area contributed by atoms with Crippen LogP contribution in [0.25, 0.3) is 22.6 Å². The van der Waals surface area contributed by atoms with Crippen molar-refractivity contribution >= 4 is 17.1 Å². The number of aromatic amines is 1. The molecule has 0 spiro atoms. The van der Waals surface area contributed by atoms with Gasteiger partial charge < -0.3 is 24.9 Å². The lowest BCUT2D eigenvalue weighted by molar-refractivity contribution is 0.0997. The first-order valence-electron chi connectivity index (χ1n) is 10.1. The van der Waals surface area contributed by atoms with Crippen LogP contribution < -0.4 is 25.6 Å². The first kappa shape index (κ1) is 20.7. The van der Waals surface area contributed by atoms with E-state index in [0.717, 1.165) is 32.1 Å². The predicted molar refractivity (Wildman–Crippen MR) is 114 cm³/mol. The van der Waals surface area contributed by atoms with Crippen LogP contribution >= 0.6 is 0 Å². The average molecular weight is 427 g/mol. The number of nitrogens with two attached hydrogens (primary N) is 1. The maximum absolute atomic E-state index is 12.8. The fraction of sp³-hybridized carbons (Fsp3) is 0.429. The normalized spacial score (nSPS) is 14.5. The van der Waals surface area contributed by atoms with E-state index in [4.69, 9.17) is 19.9 Å². The van der Waals surface area contributed by atoms with E-state index in [0.29, 0.717) is 28.5 Å². The Labute approximate surface area is 178 Å². The number of methoxy groups -OCH3 is 3. The summed E-state index contributed by atoms with van der Waals surface area (Å²) in [5, 5.41) is 0. The number of amides is 1. The van der Waals surface area contributed by atoms with Crippen molar-refractivity contribution in [1.82, 2.24) is 19.5 Å². The van der Waals surface area contributed by atoms with Gasteiger partial charge >= 0.3 is 5.69 Å². The van der Waals surface area contributed by atoms with Gasteiger partial charge in [-0.3, -0.25) is 9.36 Å². The van der Waals surface area contributed by atoms with Gasteiger partial charge in [0.25, 0.3) is 5.91 Å². The third kappa shape index (κ3) is 3.58. The fourth-order valence-electron chi connectivity index (χ4n) is 4.20. The summed E-state index contributed by atoms with van der Waals surface area (Å²) in [6.07, 6.45) is 4.98. The van der Waals surface area contributed by atoms with Gasteiger partial charge in [-0.1, -0.05) is 19.3 Å². The Bertz CT molecular complexity index is 1170. The van der Waals surface area contributed by atoms with E-state index in [9.17, 15) is 9.59 Å². The number of benzene rings is 1. The summed E-state index contributed by atoms with van der Waals surface area (Å²) in [7, 11) is 4.52. The molecule has 1 fully saturated rings. The van der Waals surface area contributed by atoms with Gasteiger partial charge in [-0.15, -0.1) is 0 Å². The zero-order valence-corrected chi connectivity index (χ0v) is 17.7. The van der Waals surface area contributed by atoms with Crippen LogP contribution in [0.2, 0.25) is 0 Å². The van der Waals surface area contributed by atoms with E-state index >= 15 is 0 Å². The topological polar surface area (TPSA) is 134 Å². The molecule has 1 aromatic carbocycles. The second-order valence-corrected chi connectivity index (χ2v) is 7.46. The number of carbonyl (C=O) groups is 1. The zero-order valence-electron chi connectivity index (χ0n) is 17.7. The number of ether oxygens (including phenoxy) is 3. The van der Waals surface area contributed by atoms with Crippen LogP contribution in [0.15, 0.2) is 16.9 Å². The van der Waals surface area contributed by atoms with Crippen LogP contribution in [-0.2, 0) is 0 Å². The highest BCUT2D eigenvalue weighted by molar-refractivity contribution is 6.02. The maximum Gasteiger partial charge on any atom is 0.327 e. The van der Waals surface area contributed by atoms with Gasteiger partial charge in [0.05, 0.1) is 21.3 Å². The van der Waals surface area contributed by atoms with Crippen LogP contribution in [0.3, 0.4) is 0 Å². The molecule has 3 aromatic rings. The van der Waals surface area contributed by atoms with Gasteiger partial charge in [-0.2, -0.15) is 0 Å². The Balaban J connectivity index is 1.97. The number of rotatable bonds is 6. The molecule has 0 radical (unpaired) electrons. The molecule has 0 bridgehead atoms. The zero-order chi connectivity index (χ0) is 22.1. The highest BCUT2D eigenvalue weighted by atomic mass is 16.5. The lowest BCUT2D eigenvalue weighted by Crippen LogP contribution is -2.24. The summed E-state index contributed by atoms with van der Waals surface area (Å²) >= 11 is 0. The first-order valence-corrected chi connectivity index (χ1v) is 10.1. The number of hydrogen-bond acceptors (Lipinski definition) is 7. The van der Waals surface area contributed by atoms with Gasteiger partial charge in [-0.05, 0) is 25.0 Å². The second-order valence-electron chi connectivity index (χ2n) is 7.46. The fourth-order valence-corrected chi connectivity index (χ4v) is 4.20. The minimum absolute atomic E-state index is 0.0124. The molecule has 4 rings (SSSR count). The first-order chi connectivity index (χ1) is 15.0. The Kier molecular flexibility index (Phi) is 5.53. The molecule has 1 saturated carbocycles. The molecule has 164 valence electrons. The average Bonchev–Trinajstić information content (AvgIpc) is 3.13. The van der Waals surface area contributed by atoms with Crippen LogP contribution in [-0.4, -0.2) is 46.8 Å². The third-order valence-electron chi connectivity index (χ3n) is 5.67. The molecule has 10 nitrogen and oxygen atoms in total. The molecular formula is C21H25N5O5. The van der Waals surface area contributed by atoms with E-state index in [-0.39, 0.29) is 28.8 Å². The molecular weight excluding hydrogens is 402 g/mol. The molecule has 2 aromatic heterocycles. The van der Waals surface area contributed by atoms with Crippen LogP contribution in [0.4, 0.5) is 0 Å². The van der Waals surface area contributed by atoms with E-state index < -0.39 is 5.91 Å². The summed E-state index contributed by atoms with van der Waals surface area (Å²) in [6, 6.07) is 3.38. The number of imidazole rings is 1. The second kappa shape index (κ2) is 8.29. The summed E-state index contributed by atoms with van der Waals surface area (Å²) < 4.78 is 17.8. The van der Waals surface area contributed by atoms with Crippen molar-refractivity contribution in [1.29, 1.82) is 0 Å². The van der Waals surface area contributed by atoms with Gasteiger partial charge in [0.1, 0.15) is 5.52 Å². The largest absolute Gasteiger partial charge is 0.493 e. The highest BCUT2D eigenvalue weighted by Crippen LogP contribution is 2.41. The molecule has 0 saturated heterocycles. The number of H-pyrrole nitrogens is 1. The number of primary amides is 1. The van der Waals surface area contributed by atoms with Crippen molar-refractivity contribution < 1.29 is 19.0 Å². The predicted octanol–water partition coefficient (Wildman–Crippen LogP) is 2.42. The summed E-state index contributed by atoms with van der Waals surface area (Å²) in [5.41, 5.74) is 6.38. The van der Waals surface area contributed by atoms with E-state index in [1.807, 2.05) is 0 Å². The number of hydrogen-bond donors (Lipinski definition) is 2. The SMILES string of the molecule is COc1cc(-c2nc(C(N)=O)c3[nH]c(=O)n(C4CCCCC4)c3n2)cc(OC)c1OC. The number of fused-ring (bicyclic) bond motifs is 1. The molecule has 0 unspecified atom stereocenters. The molecule has 0 aliphatic heterocycles. The molecule has 1 amide bonds. The van der Waals surface area contributed by atoms with Gasteiger partial charge in [0.2, 0.25) is 5.75 Å². The molecule has 1 aliphatic rings. The summed E-state index contributed by atoms with van der Waals surface area (Å²) in [5.74, 6) is 0.729. The Morgan fingerprint density at radius 1 is 1.06 bits per heavy atom. The van der Waals surface area contributed by atoms with Gasteiger partial charge in [0, 0.05) is 11.6 Å². The van der Waals surface area contributed by atoms with E-state index in [1.54, 1.807) is 16.7 Å². The third-order valence-corrected chi connectivity index (χ3v) is 5.67. The number of nitrogens with zero attached hydrogens (tertiary/aromatic N) is 3. The monoisotopic (exact) mass is 427 g/mol. The molecule has 2 heterocycles. The van der Waals surface area contributed by atoms with Crippen LogP contribution in [0.1, 0.15) is 48.6 Å². The molecule has 0 atom stereocenters. The van der Waals surface area contributed by atoms with E-state index in [1.165, 1.54) is 21.3 Å².